The number of hydrogen-bond donors (Lipinski definition) is 0. The summed E-state index contributed by atoms with van der Waals surface area (Å²) in [6, 6.07) is 15.1. The Labute approximate surface area is 193 Å². The molecule has 6 heteroatoms. The van der Waals surface area contributed by atoms with Crippen molar-refractivity contribution >= 4 is 17.5 Å². The van der Waals surface area contributed by atoms with Gasteiger partial charge in [-0.25, -0.2) is 4.39 Å². The van der Waals surface area contributed by atoms with Gasteiger partial charge in [0.05, 0.1) is 26.0 Å². The van der Waals surface area contributed by atoms with Crippen molar-refractivity contribution in [1.82, 2.24) is 4.90 Å². The zero-order valence-corrected chi connectivity index (χ0v) is 19.1. The van der Waals surface area contributed by atoms with Crippen molar-refractivity contribution in [2.75, 3.05) is 6.61 Å². The number of hydrogen-bond acceptors (Lipinski definition) is 3. The van der Waals surface area contributed by atoms with E-state index in [0.29, 0.717) is 17.9 Å². The molecule has 0 saturated heterocycles. The van der Waals surface area contributed by atoms with Crippen LogP contribution in [0.5, 0.6) is 5.75 Å². The van der Waals surface area contributed by atoms with E-state index in [1.165, 1.54) is 30.2 Å². The van der Waals surface area contributed by atoms with E-state index in [4.69, 9.17) is 20.8 Å². The number of furan rings is 1. The molecule has 0 unspecified atom stereocenters. The Hall–Kier alpha value is -2.79. The number of halogens is 2. The highest BCUT2D eigenvalue weighted by Crippen LogP contribution is 2.24. The number of ether oxygens (including phenoxy) is 1. The highest BCUT2D eigenvalue weighted by atomic mass is 35.5. The first-order valence-electron chi connectivity index (χ1n) is 11.1. The maximum Gasteiger partial charge on any atom is 0.254 e. The van der Waals surface area contributed by atoms with E-state index in [9.17, 15) is 9.18 Å². The van der Waals surface area contributed by atoms with Crippen molar-refractivity contribution in [3.05, 3.63) is 88.6 Å². The fourth-order valence-corrected chi connectivity index (χ4v) is 3.66. The van der Waals surface area contributed by atoms with E-state index in [-0.39, 0.29) is 29.6 Å². The SMILES string of the molecule is CCCCCCCOc1ccc(C(=O)N(Cc2ccco2)Cc2c(F)cccc2Cl)cc1. The van der Waals surface area contributed by atoms with Crippen LogP contribution in [0.2, 0.25) is 5.02 Å². The molecule has 0 atom stereocenters. The molecular formula is C26H29ClFNO3. The van der Waals surface area contributed by atoms with Gasteiger partial charge in [0.25, 0.3) is 5.91 Å². The van der Waals surface area contributed by atoms with Gasteiger partial charge in [-0.05, 0) is 55.0 Å². The summed E-state index contributed by atoms with van der Waals surface area (Å²) >= 11 is 6.20. The fraction of sp³-hybridized carbons (Fsp3) is 0.346. The molecule has 0 N–H and O–H groups in total. The van der Waals surface area contributed by atoms with Crippen molar-refractivity contribution in [2.45, 2.75) is 52.1 Å². The van der Waals surface area contributed by atoms with Crippen LogP contribution >= 0.6 is 11.6 Å². The van der Waals surface area contributed by atoms with Crippen LogP contribution in [-0.4, -0.2) is 17.4 Å². The van der Waals surface area contributed by atoms with Gasteiger partial charge >= 0.3 is 0 Å². The molecule has 0 aliphatic rings. The van der Waals surface area contributed by atoms with Gasteiger partial charge in [-0.15, -0.1) is 0 Å². The third kappa shape index (κ3) is 6.86. The highest BCUT2D eigenvalue weighted by Gasteiger charge is 2.21. The van der Waals surface area contributed by atoms with Crippen LogP contribution in [0.3, 0.4) is 0 Å². The summed E-state index contributed by atoms with van der Waals surface area (Å²) in [6.07, 6.45) is 7.42. The Kier molecular flexibility index (Phi) is 9.17. The summed E-state index contributed by atoms with van der Waals surface area (Å²) in [7, 11) is 0. The van der Waals surface area contributed by atoms with E-state index < -0.39 is 5.82 Å². The normalized spacial score (nSPS) is 10.8. The minimum Gasteiger partial charge on any atom is -0.494 e. The number of carbonyl (C=O) groups excluding carboxylic acids is 1. The molecule has 0 fully saturated rings. The molecule has 4 nitrogen and oxygen atoms in total. The molecule has 0 spiro atoms. The van der Waals surface area contributed by atoms with Gasteiger partial charge in [0.15, 0.2) is 0 Å². The third-order valence-electron chi connectivity index (χ3n) is 5.24. The first kappa shape index (κ1) is 23.9. The van der Waals surface area contributed by atoms with E-state index >= 15 is 0 Å². The molecule has 170 valence electrons. The van der Waals surface area contributed by atoms with Crippen LogP contribution in [0.4, 0.5) is 4.39 Å². The second-order valence-corrected chi connectivity index (χ2v) is 8.14. The molecule has 0 aliphatic carbocycles. The zero-order valence-electron chi connectivity index (χ0n) is 18.4. The second kappa shape index (κ2) is 12.3. The van der Waals surface area contributed by atoms with Crippen LogP contribution in [0.15, 0.2) is 65.3 Å². The van der Waals surface area contributed by atoms with Crippen LogP contribution in [0.1, 0.15) is 60.7 Å². The Balaban J connectivity index is 1.67. The van der Waals surface area contributed by atoms with Gasteiger partial charge in [-0.2, -0.15) is 0 Å². The number of unbranched alkanes of at least 4 members (excludes halogenated alkanes) is 4. The summed E-state index contributed by atoms with van der Waals surface area (Å²) in [6.45, 7) is 3.08. The lowest BCUT2D eigenvalue weighted by atomic mass is 10.1. The summed E-state index contributed by atoms with van der Waals surface area (Å²) in [5.74, 6) is 0.643. The minimum atomic E-state index is -0.447. The molecule has 2 aromatic carbocycles. The van der Waals surface area contributed by atoms with Crippen molar-refractivity contribution in [3.63, 3.8) is 0 Å². The highest BCUT2D eigenvalue weighted by molar-refractivity contribution is 6.31. The number of rotatable bonds is 12. The van der Waals surface area contributed by atoms with Gasteiger partial charge in [-0.1, -0.05) is 50.3 Å². The molecule has 32 heavy (non-hydrogen) atoms. The van der Waals surface area contributed by atoms with Gasteiger partial charge in [0.2, 0.25) is 0 Å². The van der Waals surface area contributed by atoms with Gasteiger partial charge in [0.1, 0.15) is 17.3 Å². The summed E-state index contributed by atoms with van der Waals surface area (Å²) < 4.78 is 25.6. The van der Waals surface area contributed by atoms with E-state index in [2.05, 4.69) is 6.92 Å². The van der Waals surface area contributed by atoms with E-state index in [0.717, 1.165) is 18.6 Å². The Morgan fingerprint density at radius 3 is 2.47 bits per heavy atom. The summed E-state index contributed by atoms with van der Waals surface area (Å²) in [5, 5.41) is 0.282. The second-order valence-electron chi connectivity index (χ2n) is 7.73. The quantitative estimate of drug-likeness (QED) is 0.269. The zero-order chi connectivity index (χ0) is 22.8. The van der Waals surface area contributed by atoms with Crippen LogP contribution in [0, 0.1) is 5.82 Å². The molecule has 0 saturated carbocycles. The van der Waals surface area contributed by atoms with Gasteiger partial charge < -0.3 is 14.1 Å². The number of amides is 1. The van der Waals surface area contributed by atoms with Crippen LogP contribution in [-0.2, 0) is 13.1 Å². The smallest absolute Gasteiger partial charge is 0.254 e. The number of nitrogens with zero attached hydrogens (tertiary/aromatic N) is 1. The first-order valence-corrected chi connectivity index (χ1v) is 11.4. The molecular weight excluding hydrogens is 429 g/mol. The minimum absolute atomic E-state index is 0.0288. The number of benzene rings is 2. The van der Waals surface area contributed by atoms with Crippen molar-refractivity contribution in [1.29, 1.82) is 0 Å². The summed E-state index contributed by atoms with van der Waals surface area (Å²) in [4.78, 5) is 14.8. The average molecular weight is 458 g/mol. The molecule has 3 rings (SSSR count). The lowest BCUT2D eigenvalue weighted by Crippen LogP contribution is -2.30. The monoisotopic (exact) mass is 457 g/mol. The largest absolute Gasteiger partial charge is 0.494 e. The molecule has 1 amide bonds. The van der Waals surface area contributed by atoms with Crippen molar-refractivity contribution in [3.8, 4) is 5.75 Å². The maximum absolute atomic E-state index is 14.4. The predicted molar refractivity (Wildman–Crippen MR) is 124 cm³/mol. The third-order valence-corrected chi connectivity index (χ3v) is 5.60. The van der Waals surface area contributed by atoms with Crippen molar-refractivity contribution < 1.29 is 18.3 Å². The fourth-order valence-electron chi connectivity index (χ4n) is 3.44. The Morgan fingerprint density at radius 1 is 1.00 bits per heavy atom. The molecule has 0 aliphatic heterocycles. The molecule has 0 radical (unpaired) electrons. The van der Waals surface area contributed by atoms with Gasteiger partial charge in [-0.3, -0.25) is 4.79 Å². The average Bonchev–Trinajstić information content (AvgIpc) is 3.31. The van der Waals surface area contributed by atoms with Crippen molar-refractivity contribution in [2.24, 2.45) is 0 Å². The summed E-state index contributed by atoms with van der Waals surface area (Å²) in [5.41, 5.74) is 0.761. The topological polar surface area (TPSA) is 42.7 Å². The van der Waals surface area contributed by atoms with E-state index in [1.54, 1.807) is 54.8 Å². The molecule has 0 bridgehead atoms. The number of carbonyl (C=O) groups is 1. The standard InChI is InChI=1S/C26H29ClFNO3/c1-2-3-4-5-6-16-31-21-14-12-20(13-15-21)26(30)29(18-22-9-8-17-32-22)19-23-24(27)10-7-11-25(23)28/h7-15,17H,2-6,16,18-19H2,1H3. The van der Waals surface area contributed by atoms with Crippen LogP contribution in [0.25, 0.3) is 0 Å². The Bertz CT molecular complexity index is 953. The maximum atomic E-state index is 14.4. The molecule has 1 heterocycles. The molecule has 1 aromatic heterocycles. The predicted octanol–water partition coefficient (Wildman–Crippen LogP) is 7.26. The van der Waals surface area contributed by atoms with Gasteiger partial charge in [0, 0.05) is 16.1 Å². The Morgan fingerprint density at radius 2 is 1.78 bits per heavy atom. The molecule has 3 aromatic rings. The lowest BCUT2D eigenvalue weighted by Gasteiger charge is -2.23. The first-order chi connectivity index (χ1) is 15.6. The van der Waals surface area contributed by atoms with E-state index in [1.807, 2.05) is 0 Å². The van der Waals surface area contributed by atoms with Crippen LogP contribution < -0.4 is 4.74 Å². The lowest BCUT2D eigenvalue weighted by molar-refractivity contribution is 0.0716.